The highest BCUT2D eigenvalue weighted by Crippen LogP contribution is 2.28. The SMILES string of the molecule is CN(C)c1nc(NC2CCC(CNC(=O)c3cc4cc(O)ccc4[nH]3)CC2)nc2ccccc12. The summed E-state index contributed by atoms with van der Waals surface area (Å²) in [5, 5.41) is 18.1. The Morgan fingerprint density at radius 2 is 1.88 bits per heavy atom. The number of hydrogen-bond donors (Lipinski definition) is 4. The van der Waals surface area contributed by atoms with Gasteiger partial charge in [0.15, 0.2) is 0 Å². The van der Waals surface area contributed by atoms with E-state index in [0.29, 0.717) is 30.1 Å². The Bertz CT molecular complexity index is 1320. The first-order chi connectivity index (χ1) is 16.5. The van der Waals surface area contributed by atoms with Crippen molar-refractivity contribution in [1.82, 2.24) is 20.3 Å². The standard InChI is InChI=1S/C26H30N6O2/c1-32(2)24-20-5-3-4-6-22(20)30-26(31-24)28-18-9-7-16(8-10-18)15-27-25(34)23-14-17-13-19(33)11-12-21(17)29-23/h3-6,11-14,16,18,29,33H,7-10,15H2,1-2H3,(H,27,34)(H,28,30,31). The molecule has 1 saturated carbocycles. The van der Waals surface area contributed by atoms with Gasteiger partial charge in [0.05, 0.1) is 5.52 Å². The van der Waals surface area contributed by atoms with Gasteiger partial charge in [-0.1, -0.05) is 12.1 Å². The van der Waals surface area contributed by atoms with Crippen LogP contribution in [0, 0.1) is 5.92 Å². The van der Waals surface area contributed by atoms with Gasteiger partial charge in [0.1, 0.15) is 17.3 Å². The number of hydrogen-bond acceptors (Lipinski definition) is 6. The van der Waals surface area contributed by atoms with Crippen LogP contribution in [0.5, 0.6) is 5.75 Å². The Kier molecular flexibility index (Phi) is 5.96. The van der Waals surface area contributed by atoms with Gasteiger partial charge in [0.2, 0.25) is 5.95 Å². The van der Waals surface area contributed by atoms with Gasteiger partial charge < -0.3 is 25.6 Å². The molecule has 4 N–H and O–H groups in total. The fraction of sp³-hybridized carbons (Fsp3) is 0.346. The summed E-state index contributed by atoms with van der Waals surface area (Å²) < 4.78 is 0. The van der Waals surface area contributed by atoms with Crippen LogP contribution in [0.1, 0.15) is 36.2 Å². The van der Waals surface area contributed by atoms with Crippen LogP contribution in [-0.2, 0) is 0 Å². The van der Waals surface area contributed by atoms with Crippen molar-refractivity contribution in [3.63, 3.8) is 0 Å². The molecule has 2 heterocycles. The molecule has 1 fully saturated rings. The molecule has 0 aliphatic heterocycles. The lowest BCUT2D eigenvalue weighted by molar-refractivity contribution is 0.0939. The molecule has 1 aliphatic rings. The Balaban J connectivity index is 1.15. The largest absolute Gasteiger partial charge is 0.508 e. The summed E-state index contributed by atoms with van der Waals surface area (Å²) in [6.45, 7) is 0.656. The van der Waals surface area contributed by atoms with Gasteiger partial charge in [-0.25, -0.2) is 4.98 Å². The number of phenols is 1. The first-order valence-corrected chi connectivity index (χ1v) is 11.8. The Labute approximate surface area is 198 Å². The van der Waals surface area contributed by atoms with Crippen molar-refractivity contribution >= 4 is 39.5 Å². The molecular formula is C26H30N6O2. The number of carbonyl (C=O) groups excluding carboxylic acids is 1. The highest BCUT2D eigenvalue weighted by molar-refractivity contribution is 5.98. The summed E-state index contributed by atoms with van der Waals surface area (Å²) in [4.78, 5) is 27.2. The number of aromatic nitrogens is 3. The summed E-state index contributed by atoms with van der Waals surface area (Å²) in [6.07, 6.45) is 4.10. The minimum atomic E-state index is -0.114. The number of fused-ring (bicyclic) bond motifs is 2. The highest BCUT2D eigenvalue weighted by atomic mass is 16.3. The molecule has 2 aromatic heterocycles. The van der Waals surface area contributed by atoms with E-state index in [2.05, 4.69) is 15.6 Å². The van der Waals surface area contributed by atoms with Crippen LogP contribution in [0.3, 0.4) is 0 Å². The van der Waals surface area contributed by atoms with E-state index in [4.69, 9.17) is 9.97 Å². The number of aromatic hydroxyl groups is 1. The topological polar surface area (TPSA) is 106 Å². The summed E-state index contributed by atoms with van der Waals surface area (Å²) in [5.74, 6) is 2.11. The molecule has 5 rings (SSSR count). The monoisotopic (exact) mass is 458 g/mol. The maximum absolute atomic E-state index is 12.6. The van der Waals surface area contributed by atoms with Gasteiger partial charge in [0.25, 0.3) is 5.91 Å². The zero-order valence-corrected chi connectivity index (χ0v) is 19.5. The molecule has 34 heavy (non-hydrogen) atoms. The third kappa shape index (κ3) is 4.62. The Morgan fingerprint density at radius 1 is 1.09 bits per heavy atom. The maximum atomic E-state index is 12.6. The minimum Gasteiger partial charge on any atom is -0.508 e. The van der Waals surface area contributed by atoms with Crippen LogP contribution in [0.2, 0.25) is 0 Å². The molecule has 176 valence electrons. The number of aromatic amines is 1. The summed E-state index contributed by atoms with van der Waals surface area (Å²) in [5.41, 5.74) is 2.29. The van der Waals surface area contributed by atoms with E-state index in [1.807, 2.05) is 43.3 Å². The Hall–Kier alpha value is -3.81. The number of carbonyl (C=O) groups is 1. The molecule has 0 bridgehead atoms. The lowest BCUT2D eigenvalue weighted by Gasteiger charge is -2.29. The molecule has 8 nitrogen and oxygen atoms in total. The third-order valence-electron chi connectivity index (χ3n) is 6.59. The minimum absolute atomic E-state index is 0.114. The summed E-state index contributed by atoms with van der Waals surface area (Å²) in [7, 11) is 4.00. The van der Waals surface area contributed by atoms with Crippen LogP contribution < -0.4 is 15.5 Å². The van der Waals surface area contributed by atoms with E-state index in [1.54, 1.807) is 24.3 Å². The fourth-order valence-electron chi connectivity index (χ4n) is 4.73. The number of anilines is 2. The molecule has 1 aliphatic carbocycles. The average molecular weight is 459 g/mol. The van der Waals surface area contributed by atoms with E-state index in [1.165, 1.54) is 0 Å². The average Bonchev–Trinajstić information content (AvgIpc) is 3.26. The summed E-state index contributed by atoms with van der Waals surface area (Å²) in [6, 6.07) is 15.2. The lowest BCUT2D eigenvalue weighted by Crippen LogP contribution is -2.34. The Morgan fingerprint density at radius 3 is 2.68 bits per heavy atom. The number of H-pyrrole nitrogens is 1. The van der Waals surface area contributed by atoms with Crippen molar-refractivity contribution < 1.29 is 9.90 Å². The fourth-order valence-corrected chi connectivity index (χ4v) is 4.73. The van der Waals surface area contributed by atoms with E-state index in [-0.39, 0.29) is 11.7 Å². The van der Waals surface area contributed by atoms with Gasteiger partial charge in [-0.05, 0) is 68.0 Å². The molecule has 0 spiro atoms. The molecule has 0 unspecified atom stereocenters. The first kappa shape index (κ1) is 22.0. The summed E-state index contributed by atoms with van der Waals surface area (Å²) >= 11 is 0. The van der Waals surface area contributed by atoms with Crippen LogP contribution in [0.25, 0.3) is 21.8 Å². The van der Waals surface area contributed by atoms with Crippen molar-refractivity contribution in [3.8, 4) is 5.75 Å². The number of nitrogens with one attached hydrogen (secondary N) is 3. The predicted octanol–water partition coefficient (Wildman–Crippen LogP) is 4.28. The number of benzene rings is 2. The van der Waals surface area contributed by atoms with Crippen molar-refractivity contribution in [2.45, 2.75) is 31.7 Å². The number of para-hydroxylation sites is 1. The molecule has 0 radical (unpaired) electrons. The lowest BCUT2D eigenvalue weighted by atomic mass is 9.86. The van der Waals surface area contributed by atoms with E-state index in [9.17, 15) is 9.90 Å². The van der Waals surface area contributed by atoms with Crippen LogP contribution in [-0.4, -0.2) is 52.6 Å². The first-order valence-electron chi connectivity index (χ1n) is 11.8. The smallest absolute Gasteiger partial charge is 0.267 e. The second-order valence-corrected chi connectivity index (χ2v) is 9.31. The molecule has 0 saturated heterocycles. The molecule has 1 amide bonds. The second-order valence-electron chi connectivity index (χ2n) is 9.31. The van der Waals surface area contributed by atoms with E-state index >= 15 is 0 Å². The molecule has 4 aromatic rings. The van der Waals surface area contributed by atoms with Crippen molar-refractivity contribution in [2.24, 2.45) is 5.92 Å². The van der Waals surface area contributed by atoms with Crippen molar-refractivity contribution in [2.75, 3.05) is 30.9 Å². The van der Waals surface area contributed by atoms with Crippen LogP contribution in [0.15, 0.2) is 48.5 Å². The number of amides is 1. The maximum Gasteiger partial charge on any atom is 0.267 e. The van der Waals surface area contributed by atoms with Crippen molar-refractivity contribution in [1.29, 1.82) is 0 Å². The molecule has 8 heteroatoms. The zero-order valence-electron chi connectivity index (χ0n) is 19.5. The van der Waals surface area contributed by atoms with Crippen LogP contribution >= 0.6 is 0 Å². The molecular weight excluding hydrogens is 428 g/mol. The quantitative estimate of drug-likeness (QED) is 0.344. The van der Waals surface area contributed by atoms with Gasteiger partial charge >= 0.3 is 0 Å². The van der Waals surface area contributed by atoms with Gasteiger partial charge in [0, 0.05) is 43.0 Å². The molecule has 2 aromatic carbocycles. The predicted molar refractivity (Wildman–Crippen MR) is 136 cm³/mol. The van der Waals surface area contributed by atoms with E-state index < -0.39 is 0 Å². The second kappa shape index (κ2) is 9.21. The number of rotatable bonds is 6. The molecule has 0 atom stereocenters. The van der Waals surface area contributed by atoms with Crippen molar-refractivity contribution in [3.05, 3.63) is 54.2 Å². The number of nitrogens with zero attached hydrogens (tertiary/aromatic N) is 3. The van der Waals surface area contributed by atoms with Gasteiger partial charge in [-0.3, -0.25) is 4.79 Å². The van der Waals surface area contributed by atoms with Gasteiger partial charge in [-0.2, -0.15) is 4.98 Å². The number of phenolic OH excluding ortho intramolecular Hbond substituents is 1. The zero-order chi connectivity index (χ0) is 23.7. The van der Waals surface area contributed by atoms with Gasteiger partial charge in [-0.15, -0.1) is 0 Å². The van der Waals surface area contributed by atoms with E-state index in [0.717, 1.165) is 53.3 Å². The third-order valence-corrected chi connectivity index (χ3v) is 6.59. The highest BCUT2D eigenvalue weighted by Gasteiger charge is 2.23. The normalized spacial score (nSPS) is 18.2. The van der Waals surface area contributed by atoms with Crippen LogP contribution in [0.4, 0.5) is 11.8 Å².